The first-order valence-corrected chi connectivity index (χ1v) is 7.22. The summed E-state index contributed by atoms with van der Waals surface area (Å²) in [6.07, 6.45) is 5.48. The van der Waals surface area contributed by atoms with E-state index in [0.29, 0.717) is 0 Å². The molecule has 1 N–H and O–H groups in total. The minimum absolute atomic E-state index is 0.112. The van der Waals surface area contributed by atoms with Crippen LogP contribution in [0.15, 0.2) is 24.3 Å². The molecule has 0 atom stereocenters. The third kappa shape index (κ3) is 4.06. The zero-order chi connectivity index (χ0) is 13.7. The Balaban J connectivity index is 1.95. The fourth-order valence-corrected chi connectivity index (χ4v) is 2.94. The Morgan fingerprint density at radius 1 is 1.21 bits per heavy atom. The molecular formula is C16H23NO2. The minimum atomic E-state index is -0.770. The van der Waals surface area contributed by atoms with Crippen molar-refractivity contribution in [2.75, 3.05) is 6.54 Å². The van der Waals surface area contributed by atoms with Crippen LogP contribution < -0.4 is 0 Å². The van der Waals surface area contributed by atoms with Gasteiger partial charge in [-0.2, -0.15) is 0 Å². The number of hydrogen-bond acceptors (Lipinski definition) is 2. The highest BCUT2D eigenvalue weighted by molar-refractivity contribution is 5.70. The summed E-state index contributed by atoms with van der Waals surface area (Å²) in [6.45, 7) is 4.28. The number of aliphatic carboxylic acids is 1. The van der Waals surface area contributed by atoms with Crippen LogP contribution in [0.1, 0.15) is 43.7 Å². The van der Waals surface area contributed by atoms with Crippen LogP contribution in [0, 0.1) is 0 Å². The van der Waals surface area contributed by atoms with Crippen LogP contribution in [0.25, 0.3) is 0 Å². The molecule has 1 aromatic carbocycles. The molecule has 0 unspecified atom stereocenters. The van der Waals surface area contributed by atoms with E-state index in [-0.39, 0.29) is 6.42 Å². The van der Waals surface area contributed by atoms with Gasteiger partial charge in [-0.25, -0.2) is 0 Å². The summed E-state index contributed by atoms with van der Waals surface area (Å²) >= 11 is 0. The predicted molar refractivity (Wildman–Crippen MR) is 76.1 cm³/mol. The number of carbonyl (C=O) groups is 1. The van der Waals surface area contributed by atoms with E-state index >= 15 is 0 Å². The first-order chi connectivity index (χ1) is 9.19. The average Bonchev–Trinajstić information content (AvgIpc) is 2.91. The van der Waals surface area contributed by atoms with Gasteiger partial charge in [0.1, 0.15) is 0 Å². The van der Waals surface area contributed by atoms with Gasteiger partial charge < -0.3 is 5.11 Å². The summed E-state index contributed by atoms with van der Waals surface area (Å²) in [5, 5.41) is 8.76. The van der Waals surface area contributed by atoms with Crippen molar-refractivity contribution in [3.8, 4) is 0 Å². The number of nitrogens with zero attached hydrogens (tertiary/aromatic N) is 1. The topological polar surface area (TPSA) is 40.5 Å². The lowest BCUT2D eigenvalue weighted by atomic mass is 10.1. The van der Waals surface area contributed by atoms with Crippen LogP contribution in [0.2, 0.25) is 0 Å². The van der Waals surface area contributed by atoms with Gasteiger partial charge in [-0.1, -0.05) is 44.0 Å². The zero-order valence-corrected chi connectivity index (χ0v) is 11.6. The molecule has 1 fully saturated rings. The van der Waals surface area contributed by atoms with Gasteiger partial charge in [0.2, 0.25) is 0 Å². The van der Waals surface area contributed by atoms with Crippen molar-refractivity contribution in [1.29, 1.82) is 0 Å². The van der Waals surface area contributed by atoms with Crippen LogP contribution in [-0.4, -0.2) is 28.6 Å². The zero-order valence-electron chi connectivity index (χ0n) is 11.6. The molecule has 2 rings (SSSR count). The molecule has 1 aliphatic carbocycles. The van der Waals surface area contributed by atoms with Gasteiger partial charge in [-0.3, -0.25) is 9.69 Å². The number of carboxylic acids is 1. The van der Waals surface area contributed by atoms with Crippen LogP contribution in [0.3, 0.4) is 0 Å². The van der Waals surface area contributed by atoms with Crippen LogP contribution in [-0.2, 0) is 17.8 Å². The third-order valence-corrected chi connectivity index (χ3v) is 4.01. The first kappa shape index (κ1) is 14.1. The van der Waals surface area contributed by atoms with Crippen molar-refractivity contribution >= 4 is 5.97 Å². The Morgan fingerprint density at radius 2 is 1.79 bits per heavy atom. The van der Waals surface area contributed by atoms with Crippen molar-refractivity contribution in [2.24, 2.45) is 0 Å². The number of benzene rings is 1. The van der Waals surface area contributed by atoms with Crippen molar-refractivity contribution in [1.82, 2.24) is 4.90 Å². The molecule has 104 valence electrons. The quantitative estimate of drug-likeness (QED) is 0.855. The summed E-state index contributed by atoms with van der Waals surface area (Å²) in [5.74, 6) is -0.770. The van der Waals surface area contributed by atoms with E-state index in [1.807, 2.05) is 12.1 Å². The maximum Gasteiger partial charge on any atom is 0.307 e. The molecule has 0 aliphatic heterocycles. The number of carboxylic acid groups (broad SMARTS) is 1. The van der Waals surface area contributed by atoms with E-state index in [2.05, 4.69) is 24.0 Å². The Labute approximate surface area is 115 Å². The summed E-state index contributed by atoms with van der Waals surface area (Å²) in [5.41, 5.74) is 2.16. The lowest BCUT2D eigenvalue weighted by Gasteiger charge is -2.27. The van der Waals surface area contributed by atoms with E-state index in [0.717, 1.165) is 24.7 Å². The third-order valence-electron chi connectivity index (χ3n) is 4.01. The lowest BCUT2D eigenvalue weighted by molar-refractivity contribution is -0.136. The van der Waals surface area contributed by atoms with Crippen molar-refractivity contribution < 1.29 is 9.90 Å². The molecule has 1 saturated carbocycles. The standard InChI is InChI=1S/C16H23NO2/c1-2-17(15-5-3-4-6-15)12-14-9-7-13(8-10-14)11-16(18)19/h7-10,15H,2-6,11-12H2,1H3,(H,18,19). The minimum Gasteiger partial charge on any atom is -0.481 e. The van der Waals surface area contributed by atoms with E-state index in [1.54, 1.807) is 0 Å². The molecule has 3 nitrogen and oxygen atoms in total. The van der Waals surface area contributed by atoms with Crippen molar-refractivity contribution in [3.05, 3.63) is 35.4 Å². The Bertz CT molecular complexity index is 407. The molecule has 0 spiro atoms. The Kier molecular flexibility index (Phi) is 4.97. The summed E-state index contributed by atoms with van der Waals surface area (Å²) in [4.78, 5) is 13.2. The summed E-state index contributed by atoms with van der Waals surface area (Å²) in [6, 6.07) is 8.74. The van der Waals surface area contributed by atoms with E-state index in [4.69, 9.17) is 5.11 Å². The normalized spacial score (nSPS) is 16.1. The van der Waals surface area contributed by atoms with Crippen molar-refractivity contribution in [2.45, 2.75) is 51.6 Å². The van der Waals surface area contributed by atoms with Gasteiger partial charge >= 0.3 is 5.97 Å². The van der Waals surface area contributed by atoms with Crippen molar-refractivity contribution in [3.63, 3.8) is 0 Å². The lowest BCUT2D eigenvalue weighted by Crippen LogP contribution is -2.32. The largest absolute Gasteiger partial charge is 0.481 e. The maximum absolute atomic E-state index is 10.6. The molecule has 1 aromatic rings. The number of hydrogen-bond donors (Lipinski definition) is 1. The highest BCUT2D eigenvalue weighted by Gasteiger charge is 2.21. The van der Waals surface area contributed by atoms with E-state index in [1.165, 1.54) is 31.2 Å². The SMILES string of the molecule is CCN(Cc1ccc(CC(=O)O)cc1)C1CCCC1. The molecule has 0 aromatic heterocycles. The molecule has 1 aliphatic rings. The van der Waals surface area contributed by atoms with E-state index < -0.39 is 5.97 Å². The van der Waals surface area contributed by atoms with Gasteiger partial charge in [0.25, 0.3) is 0 Å². The van der Waals surface area contributed by atoms with Gasteiger partial charge in [0.05, 0.1) is 6.42 Å². The van der Waals surface area contributed by atoms with Crippen LogP contribution in [0.4, 0.5) is 0 Å². The fraction of sp³-hybridized carbons (Fsp3) is 0.562. The number of rotatable bonds is 6. The second kappa shape index (κ2) is 6.71. The molecule has 3 heteroatoms. The summed E-state index contributed by atoms with van der Waals surface area (Å²) in [7, 11) is 0. The molecule has 0 saturated heterocycles. The highest BCUT2D eigenvalue weighted by Crippen LogP contribution is 2.24. The monoisotopic (exact) mass is 261 g/mol. The second-order valence-corrected chi connectivity index (χ2v) is 5.39. The Morgan fingerprint density at radius 3 is 2.32 bits per heavy atom. The maximum atomic E-state index is 10.6. The smallest absolute Gasteiger partial charge is 0.307 e. The average molecular weight is 261 g/mol. The van der Waals surface area contributed by atoms with Crippen LogP contribution >= 0.6 is 0 Å². The second-order valence-electron chi connectivity index (χ2n) is 5.39. The fourth-order valence-electron chi connectivity index (χ4n) is 2.94. The molecule has 0 heterocycles. The molecule has 0 bridgehead atoms. The molecule has 0 radical (unpaired) electrons. The highest BCUT2D eigenvalue weighted by atomic mass is 16.4. The van der Waals surface area contributed by atoms with Gasteiger partial charge in [0.15, 0.2) is 0 Å². The molecule has 19 heavy (non-hydrogen) atoms. The summed E-state index contributed by atoms with van der Waals surface area (Å²) < 4.78 is 0. The van der Waals surface area contributed by atoms with Gasteiger partial charge in [-0.15, -0.1) is 0 Å². The van der Waals surface area contributed by atoms with E-state index in [9.17, 15) is 4.79 Å². The Hall–Kier alpha value is -1.35. The predicted octanol–water partition coefficient (Wildman–Crippen LogP) is 3.08. The van der Waals surface area contributed by atoms with Gasteiger partial charge in [0, 0.05) is 12.6 Å². The molecular weight excluding hydrogens is 238 g/mol. The van der Waals surface area contributed by atoms with Gasteiger partial charge in [-0.05, 0) is 30.5 Å². The molecule has 0 amide bonds. The first-order valence-electron chi connectivity index (χ1n) is 7.22. The van der Waals surface area contributed by atoms with Crippen LogP contribution in [0.5, 0.6) is 0 Å².